The first kappa shape index (κ1) is 23.0. The number of fused-ring (bicyclic) bond motifs is 1. The van der Waals surface area contributed by atoms with E-state index in [1.54, 1.807) is 11.5 Å². The van der Waals surface area contributed by atoms with Gasteiger partial charge < -0.3 is 5.32 Å². The second kappa shape index (κ2) is 9.61. The summed E-state index contributed by atoms with van der Waals surface area (Å²) in [6, 6.07) is 4.30. The molecule has 1 aromatic carbocycles. The number of benzene rings is 1. The molecule has 0 aliphatic heterocycles. The number of carbonyl (C=O) groups is 1. The molecule has 8 nitrogen and oxygen atoms in total. The fourth-order valence-corrected chi connectivity index (χ4v) is 5.05. The Bertz CT molecular complexity index is 1220. The number of aromatic nitrogens is 2. The maximum atomic E-state index is 13.1. The number of non-ortho nitro benzene ring substituents is 1. The second-order valence-corrected chi connectivity index (χ2v) is 9.41. The van der Waals surface area contributed by atoms with Crippen LogP contribution in [0.1, 0.15) is 35.8 Å². The molecule has 0 atom stereocenters. The number of nitrogens with zero attached hydrogens (tertiary/aromatic N) is 3. The van der Waals surface area contributed by atoms with Crippen LogP contribution in [0.2, 0.25) is 0 Å². The van der Waals surface area contributed by atoms with Crippen molar-refractivity contribution in [3.63, 3.8) is 0 Å². The molecular weight excluding hydrogens is 436 g/mol. The number of nitro benzene ring substituents is 1. The first-order chi connectivity index (χ1) is 14.7. The van der Waals surface area contributed by atoms with Crippen molar-refractivity contribution < 1.29 is 9.72 Å². The van der Waals surface area contributed by atoms with Crippen molar-refractivity contribution >= 4 is 50.6 Å². The summed E-state index contributed by atoms with van der Waals surface area (Å²) in [5, 5.41) is 14.8. The van der Waals surface area contributed by atoms with Crippen LogP contribution in [-0.2, 0) is 11.3 Å². The van der Waals surface area contributed by atoms with E-state index in [9.17, 15) is 19.7 Å². The number of amides is 1. The molecule has 0 spiro atoms. The number of thioether (sulfide) groups is 1. The Morgan fingerprint density at radius 1 is 1.32 bits per heavy atom. The van der Waals surface area contributed by atoms with Crippen molar-refractivity contribution in [2.75, 3.05) is 11.1 Å². The number of aryl methyl sites for hydroxylation is 3. The molecule has 2 aromatic heterocycles. The number of carbonyl (C=O) groups excluding carboxylic acids is 1. The lowest BCUT2D eigenvalue weighted by molar-refractivity contribution is -0.384. The SMILES string of the molecule is CCCCn1c(SCC(=O)Nc2ccc([N+](=O)[O-])cc2C)nc2sc(C)c(C)c2c1=O. The standard InChI is InChI=1S/C21H24N4O4S2/c1-5-6-9-24-20(27)18-13(3)14(4)31-19(18)23-21(24)30-11-17(26)22-16-8-7-15(25(28)29)10-12(16)2/h7-8,10H,5-6,9,11H2,1-4H3,(H,22,26). The highest BCUT2D eigenvalue weighted by molar-refractivity contribution is 7.99. The predicted octanol–water partition coefficient (Wildman–Crippen LogP) is 4.82. The average molecular weight is 461 g/mol. The van der Waals surface area contributed by atoms with Gasteiger partial charge in [0.05, 0.1) is 16.1 Å². The third-order valence-corrected chi connectivity index (χ3v) is 7.09. The molecular formula is C21H24N4O4S2. The quantitative estimate of drug-likeness (QED) is 0.223. The van der Waals surface area contributed by atoms with E-state index in [-0.39, 0.29) is 22.9 Å². The molecule has 0 aliphatic rings. The van der Waals surface area contributed by atoms with Gasteiger partial charge in [0.1, 0.15) is 4.83 Å². The Morgan fingerprint density at radius 3 is 2.71 bits per heavy atom. The summed E-state index contributed by atoms with van der Waals surface area (Å²) in [6.07, 6.45) is 1.78. The Kier molecular flexibility index (Phi) is 7.11. The second-order valence-electron chi connectivity index (χ2n) is 7.26. The maximum Gasteiger partial charge on any atom is 0.269 e. The summed E-state index contributed by atoms with van der Waals surface area (Å²) in [4.78, 5) is 42.5. The Labute approximate surface area is 187 Å². The molecule has 0 radical (unpaired) electrons. The molecule has 0 bridgehead atoms. The summed E-state index contributed by atoms with van der Waals surface area (Å²) in [5.41, 5.74) is 2.01. The summed E-state index contributed by atoms with van der Waals surface area (Å²) in [6.45, 7) is 8.23. The zero-order valence-electron chi connectivity index (χ0n) is 17.9. The minimum absolute atomic E-state index is 0.0242. The molecule has 0 saturated carbocycles. The van der Waals surface area contributed by atoms with Gasteiger partial charge in [0.25, 0.3) is 11.2 Å². The van der Waals surface area contributed by atoms with Gasteiger partial charge in [0.2, 0.25) is 5.91 Å². The lowest BCUT2D eigenvalue weighted by Crippen LogP contribution is -2.24. The molecule has 3 aromatic rings. The Morgan fingerprint density at radius 2 is 2.06 bits per heavy atom. The van der Waals surface area contributed by atoms with Gasteiger partial charge in [0.15, 0.2) is 5.16 Å². The van der Waals surface area contributed by atoms with Crippen LogP contribution in [-0.4, -0.2) is 26.1 Å². The third-order valence-electron chi connectivity index (χ3n) is 5.02. The van der Waals surface area contributed by atoms with Crippen LogP contribution in [0.5, 0.6) is 0 Å². The molecule has 31 heavy (non-hydrogen) atoms. The Balaban J connectivity index is 1.82. The van der Waals surface area contributed by atoms with Gasteiger partial charge in [-0.25, -0.2) is 4.98 Å². The van der Waals surface area contributed by atoms with E-state index < -0.39 is 4.92 Å². The molecule has 0 unspecified atom stereocenters. The predicted molar refractivity (Wildman–Crippen MR) is 125 cm³/mol. The third kappa shape index (κ3) is 4.96. The highest BCUT2D eigenvalue weighted by Gasteiger charge is 2.18. The lowest BCUT2D eigenvalue weighted by atomic mass is 10.2. The van der Waals surface area contributed by atoms with Crippen molar-refractivity contribution in [2.45, 2.75) is 52.2 Å². The van der Waals surface area contributed by atoms with Gasteiger partial charge in [0, 0.05) is 29.2 Å². The van der Waals surface area contributed by atoms with Gasteiger partial charge >= 0.3 is 0 Å². The van der Waals surface area contributed by atoms with Crippen molar-refractivity contribution in [1.82, 2.24) is 9.55 Å². The van der Waals surface area contributed by atoms with E-state index in [4.69, 9.17) is 0 Å². The summed E-state index contributed by atoms with van der Waals surface area (Å²) in [5.74, 6) is -0.194. The molecule has 0 saturated heterocycles. The topological polar surface area (TPSA) is 107 Å². The number of hydrogen-bond donors (Lipinski definition) is 1. The van der Waals surface area contributed by atoms with Crippen molar-refractivity contribution in [3.05, 3.63) is 54.7 Å². The van der Waals surface area contributed by atoms with Crippen LogP contribution >= 0.6 is 23.1 Å². The fourth-order valence-electron chi connectivity index (χ4n) is 3.15. The van der Waals surface area contributed by atoms with E-state index in [1.807, 2.05) is 13.8 Å². The molecule has 3 rings (SSSR count). The van der Waals surface area contributed by atoms with E-state index in [2.05, 4.69) is 17.2 Å². The zero-order chi connectivity index (χ0) is 22.7. The number of nitro groups is 1. The van der Waals surface area contributed by atoms with E-state index >= 15 is 0 Å². The van der Waals surface area contributed by atoms with E-state index in [1.165, 1.54) is 41.3 Å². The lowest BCUT2D eigenvalue weighted by Gasteiger charge is -2.12. The number of nitrogens with one attached hydrogen (secondary N) is 1. The minimum Gasteiger partial charge on any atom is -0.325 e. The molecule has 2 heterocycles. The minimum atomic E-state index is -0.472. The molecule has 10 heteroatoms. The highest BCUT2D eigenvalue weighted by atomic mass is 32.2. The first-order valence-corrected chi connectivity index (χ1v) is 11.7. The van der Waals surface area contributed by atoms with Gasteiger partial charge in [-0.05, 0) is 44.4 Å². The monoisotopic (exact) mass is 460 g/mol. The van der Waals surface area contributed by atoms with Crippen molar-refractivity contribution in [1.29, 1.82) is 0 Å². The zero-order valence-corrected chi connectivity index (χ0v) is 19.5. The summed E-state index contributed by atoms with van der Waals surface area (Å²) < 4.78 is 1.67. The van der Waals surface area contributed by atoms with Crippen LogP contribution in [0.4, 0.5) is 11.4 Å². The maximum absolute atomic E-state index is 13.1. The number of thiophene rings is 1. The smallest absolute Gasteiger partial charge is 0.269 e. The van der Waals surface area contributed by atoms with Crippen LogP contribution < -0.4 is 10.9 Å². The van der Waals surface area contributed by atoms with E-state index in [0.717, 1.165) is 23.3 Å². The summed E-state index contributed by atoms with van der Waals surface area (Å²) in [7, 11) is 0. The number of rotatable bonds is 8. The number of anilines is 1. The summed E-state index contributed by atoms with van der Waals surface area (Å²) >= 11 is 2.71. The van der Waals surface area contributed by atoms with Crippen molar-refractivity contribution in [2.24, 2.45) is 0 Å². The van der Waals surface area contributed by atoms with Gasteiger partial charge in [-0.15, -0.1) is 11.3 Å². The van der Waals surface area contributed by atoms with E-state index in [0.29, 0.717) is 33.2 Å². The molecule has 164 valence electrons. The largest absolute Gasteiger partial charge is 0.325 e. The van der Waals surface area contributed by atoms with Gasteiger partial charge in [-0.1, -0.05) is 25.1 Å². The van der Waals surface area contributed by atoms with Gasteiger partial charge in [-0.3, -0.25) is 24.3 Å². The van der Waals surface area contributed by atoms with Crippen LogP contribution in [0.15, 0.2) is 28.2 Å². The number of unbranched alkanes of at least 4 members (excludes halogenated alkanes) is 1. The average Bonchev–Trinajstić information content (AvgIpc) is 3.01. The van der Waals surface area contributed by atoms with Gasteiger partial charge in [-0.2, -0.15) is 0 Å². The Hall–Kier alpha value is -2.72. The molecule has 1 N–H and O–H groups in total. The molecule has 0 fully saturated rings. The number of hydrogen-bond acceptors (Lipinski definition) is 7. The molecule has 0 aliphatic carbocycles. The van der Waals surface area contributed by atoms with Crippen LogP contribution in [0.25, 0.3) is 10.2 Å². The normalized spacial score (nSPS) is 11.1. The highest BCUT2D eigenvalue weighted by Crippen LogP contribution is 2.29. The van der Waals surface area contributed by atoms with Crippen LogP contribution in [0, 0.1) is 30.9 Å². The first-order valence-electron chi connectivity index (χ1n) is 9.91. The molecule has 1 amide bonds. The van der Waals surface area contributed by atoms with Crippen LogP contribution in [0.3, 0.4) is 0 Å². The van der Waals surface area contributed by atoms with Crippen molar-refractivity contribution in [3.8, 4) is 0 Å². The fraction of sp³-hybridized carbons (Fsp3) is 0.381.